The Morgan fingerprint density at radius 3 is 2.76 bits per heavy atom. The van der Waals surface area contributed by atoms with Gasteiger partial charge in [0.1, 0.15) is 0 Å². The molecule has 1 aromatic rings. The van der Waals surface area contributed by atoms with Gasteiger partial charge in [-0.05, 0) is 18.6 Å². The Morgan fingerprint density at radius 2 is 2.12 bits per heavy atom. The van der Waals surface area contributed by atoms with Crippen LogP contribution in [0.2, 0.25) is 0 Å². The van der Waals surface area contributed by atoms with E-state index in [0.29, 0.717) is 6.42 Å². The van der Waals surface area contributed by atoms with Crippen molar-refractivity contribution >= 4 is 18.3 Å². The summed E-state index contributed by atoms with van der Waals surface area (Å²) in [5.74, 6) is 0.243. The highest BCUT2D eigenvalue weighted by molar-refractivity contribution is 5.85. The number of carbonyl (C=O) groups excluding carboxylic acids is 1. The summed E-state index contributed by atoms with van der Waals surface area (Å²) in [6.07, 6.45) is 3.07. The molecule has 1 aromatic heterocycles. The summed E-state index contributed by atoms with van der Waals surface area (Å²) in [7, 11) is 0. The van der Waals surface area contributed by atoms with Gasteiger partial charge in [0.25, 0.3) is 0 Å². The minimum absolute atomic E-state index is 0. The normalized spacial score (nSPS) is 15.2. The van der Waals surface area contributed by atoms with Crippen molar-refractivity contribution in [2.45, 2.75) is 12.8 Å². The molecular weight excluding hydrogens is 238 g/mol. The number of aryl methyl sites for hydroxylation is 1. The Kier molecular flexibility index (Phi) is 5.94. The van der Waals surface area contributed by atoms with Gasteiger partial charge < -0.3 is 10.2 Å². The standard InChI is InChI=1S/C12H17N3O.ClH/c16-12(15-9-7-13-8-10-15)5-4-11-3-1-2-6-14-11;/h1-3,6,13H,4-5,7-10H2;1H. The molecule has 0 radical (unpaired) electrons. The lowest BCUT2D eigenvalue weighted by molar-refractivity contribution is -0.131. The van der Waals surface area contributed by atoms with E-state index in [1.165, 1.54) is 0 Å². The third-order valence-electron chi connectivity index (χ3n) is 2.79. The molecule has 1 aliphatic heterocycles. The highest BCUT2D eigenvalue weighted by Gasteiger charge is 2.15. The molecule has 0 atom stereocenters. The van der Waals surface area contributed by atoms with E-state index in [1.807, 2.05) is 23.1 Å². The monoisotopic (exact) mass is 255 g/mol. The first-order chi connectivity index (χ1) is 7.86. The first-order valence-corrected chi connectivity index (χ1v) is 5.74. The number of pyridine rings is 1. The number of aromatic nitrogens is 1. The maximum Gasteiger partial charge on any atom is 0.223 e. The summed E-state index contributed by atoms with van der Waals surface area (Å²) in [5, 5.41) is 3.24. The smallest absolute Gasteiger partial charge is 0.223 e. The summed E-state index contributed by atoms with van der Waals surface area (Å²) in [4.78, 5) is 18.0. The lowest BCUT2D eigenvalue weighted by Gasteiger charge is -2.27. The second kappa shape index (κ2) is 7.25. The van der Waals surface area contributed by atoms with Crippen molar-refractivity contribution in [3.63, 3.8) is 0 Å². The zero-order valence-electron chi connectivity index (χ0n) is 9.76. The number of hydrogen-bond donors (Lipinski definition) is 1. The molecule has 1 saturated heterocycles. The van der Waals surface area contributed by atoms with Gasteiger partial charge in [0.2, 0.25) is 5.91 Å². The third kappa shape index (κ3) is 4.32. The van der Waals surface area contributed by atoms with Crippen LogP contribution >= 0.6 is 12.4 Å². The molecule has 4 nitrogen and oxygen atoms in total. The van der Waals surface area contributed by atoms with Gasteiger partial charge in [-0.25, -0.2) is 0 Å². The fourth-order valence-corrected chi connectivity index (χ4v) is 1.85. The maximum atomic E-state index is 11.8. The summed E-state index contributed by atoms with van der Waals surface area (Å²) in [6, 6.07) is 5.81. The molecule has 0 saturated carbocycles. The average Bonchev–Trinajstić information content (AvgIpc) is 2.38. The predicted molar refractivity (Wildman–Crippen MR) is 69.3 cm³/mol. The number of hydrogen-bond acceptors (Lipinski definition) is 3. The molecule has 94 valence electrons. The molecular formula is C12H18ClN3O. The highest BCUT2D eigenvalue weighted by atomic mass is 35.5. The lowest BCUT2D eigenvalue weighted by atomic mass is 10.2. The third-order valence-corrected chi connectivity index (χ3v) is 2.79. The van der Waals surface area contributed by atoms with Crippen LogP contribution in [0.5, 0.6) is 0 Å². The Hall–Kier alpha value is -1.13. The quantitative estimate of drug-likeness (QED) is 0.872. The van der Waals surface area contributed by atoms with E-state index in [2.05, 4.69) is 10.3 Å². The van der Waals surface area contributed by atoms with Gasteiger partial charge in [-0.3, -0.25) is 9.78 Å². The number of rotatable bonds is 3. The topological polar surface area (TPSA) is 45.2 Å². The lowest BCUT2D eigenvalue weighted by Crippen LogP contribution is -2.46. The predicted octanol–water partition coefficient (Wildman–Crippen LogP) is 0.868. The maximum absolute atomic E-state index is 11.8. The largest absolute Gasteiger partial charge is 0.340 e. The first-order valence-electron chi connectivity index (χ1n) is 5.74. The first kappa shape index (κ1) is 13.9. The van der Waals surface area contributed by atoms with E-state index < -0.39 is 0 Å². The molecule has 0 aromatic carbocycles. The molecule has 0 bridgehead atoms. The fourth-order valence-electron chi connectivity index (χ4n) is 1.85. The van der Waals surface area contributed by atoms with Crippen molar-refractivity contribution < 1.29 is 4.79 Å². The minimum Gasteiger partial charge on any atom is -0.340 e. The second-order valence-corrected chi connectivity index (χ2v) is 3.95. The number of carbonyl (C=O) groups is 1. The van der Waals surface area contributed by atoms with Crippen molar-refractivity contribution in [3.05, 3.63) is 30.1 Å². The van der Waals surface area contributed by atoms with E-state index in [4.69, 9.17) is 0 Å². The van der Waals surface area contributed by atoms with Crippen molar-refractivity contribution in [1.82, 2.24) is 15.2 Å². The van der Waals surface area contributed by atoms with Crippen LogP contribution in [-0.4, -0.2) is 42.0 Å². The number of halogens is 1. The molecule has 1 aliphatic rings. The van der Waals surface area contributed by atoms with Crippen LogP contribution in [-0.2, 0) is 11.2 Å². The Bertz CT molecular complexity index is 339. The molecule has 2 rings (SSSR count). The minimum atomic E-state index is 0. The number of nitrogens with one attached hydrogen (secondary N) is 1. The van der Waals surface area contributed by atoms with Crippen molar-refractivity contribution in [3.8, 4) is 0 Å². The van der Waals surface area contributed by atoms with Gasteiger partial charge in [0.15, 0.2) is 0 Å². The van der Waals surface area contributed by atoms with Crippen LogP contribution in [0.15, 0.2) is 24.4 Å². The van der Waals surface area contributed by atoms with Crippen LogP contribution in [0.4, 0.5) is 0 Å². The van der Waals surface area contributed by atoms with E-state index in [9.17, 15) is 4.79 Å². The molecule has 17 heavy (non-hydrogen) atoms. The summed E-state index contributed by atoms with van der Waals surface area (Å²) in [5.41, 5.74) is 0.992. The summed E-state index contributed by atoms with van der Waals surface area (Å²) < 4.78 is 0. The van der Waals surface area contributed by atoms with Crippen molar-refractivity contribution in [2.24, 2.45) is 0 Å². The zero-order valence-corrected chi connectivity index (χ0v) is 10.6. The Labute approximate surface area is 108 Å². The molecule has 0 aliphatic carbocycles. The van der Waals surface area contributed by atoms with Crippen LogP contribution in [0.25, 0.3) is 0 Å². The van der Waals surface area contributed by atoms with E-state index in [0.717, 1.165) is 38.3 Å². The van der Waals surface area contributed by atoms with Gasteiger partial charge in [0, 0.05) is 44.5 Å². The van der Waals surface area contributed by atoms with Gasteiger partial charge in [-0.15, -0.1) is 12.4 Å². The molecule has 1 N–H and O–H groups in total. The summed E-state index contributed by atoms with van der Waals surface area (Å²) >= 11 is 0. The number of amides is 1. The number of nitrogens with zero attached hydrogens (tertiary/aromatic N) is 2. The van der Waals surface area contributed by atoms with Gasteiger partial charge in [-0.1, -0.05) is 6.07 Å². The van der Waals surface area contributed by atoms with Crippen LogP contribution in [0.1, 0.15) is 12.1 Å². The van der Waals surface area contributed by atoms with E-state index in [1.54, 1.807) is 6.20 Å². The van der Waals surface area contributed by atoms with E-state index in [-0.39, 0.29) is 18.3 Å². The van der Waals surface area contributed by atoms with E-state index >= 15 is 0 Å². The highest BCUT2D eigenvalue weighted by Crippen LogP contribution is 2.02. The molecule has 1 fully saturated rings. The van der Waals surface area contributed by atoms with Crippen molar-refractivity contribution in [2.75, 3.05) is 26.2 Å². The molecule has 5 heteroatoms. The second-order valence-electron chi connectivity index (χ2n) is 3.95. The summed E-state index contributed by atoms with van der Waals surface area (Å²) in [6.45, 7) is 3.49. The van der Waals surface area contributed by atoms with Crippen LogP contribution in [0, 0.1) is 0 Å². The SMILES string of the molecule is Cl.O=C(CCc1ccccn1)N1CCNCC1. The van der Waals surface area contributed by atoms with Gasteiger partial charge in [-0.2, -0.15) is 0 Å². The van der Waals surface area contributed by atoms with Gasteiger partial charge >= 0.3 is 0 Å². The Morgan fingerprint density at radius 1 is 1.35 bits per heavy atom. The average molecular weight is 256 g/mol. The zero-order chi connectivity index (χ0) is 11.2. The molecule has 0 spiro atoms. The molecule has 1 amide bonds. The Balaban J connectivity index is 0.00000144. The van der Waals surface area contributed by atoms with Crippen molar-refractivity contribution in [1.29, 1.82) is 0 Å². The molecule has 2 heterocycles. The number of piperazine rings is 1. The van der Waals surface area contributed by atoms with Crippen LogP contribution < -0.4 is 5.32 Å². The molecule has 0 unspecified atom stereocenters. The van der Waals surface area contributed by atoms with Gasteiger partial charge in [0.05, 0.1) is 0 Å². The fraction of sp³-hybridized carbons (Fsp3) is 0.500. The van der Waals surface area contributed by atoms with Crippen LogP contribution in [0.3, 0.4) is 0 Å².